The van der Waals surface area contributed by atoms with Crippen LogP contribution in [-0.4, -0.2) is 29.7 Å². The van der Waals surface area contributed by atoms with E-state index in [0.717, 1.165) is 12.1 Å². The summed E-state index contributed by atoms with van der Waals surface area (Å²) in [7, 11) is 0. The molecular formula is C15H12F2N2O3S. The number of rotatable bonds is 5. The van der Waals surface area contributed by atoms with Gasteiger partial charge in [-0.25, -0.2) is 18.6 Å². The second-order valence-electron chi connectivity index (χ2n) is 4.28. The molecule has 2 rings (SSSR count). The number of benzene rings is 1. The molecule has 0 fully saturated rings. The molecule has 23 heavy (non-hydrogen) atoms. The first-order chi connectivity index (χ1) is 11.0. The van der Waals surface area contributed by atoms with Crippen LogP contribution in [0.1, 0.15) is 10.4 Å². The van der Waals surface area contributed by atoms with E-state index < -0.39 is 35.8 Å². The monoisotopic (exact) mass is 338 g/mol. The number of para-hydroxylation sites is 1. The first kappa shape index (κ1) is 16.9. The number of anilines is 1. The van der Waals surface area contributed by atoms with Crippen LogP contribution in [0, 0.1) is 11.6 Å². The molecule has 1 aromatic carbocycles. The van der Waals surface area contributed by atoms with Crippen LogP contribution < -0.4 is 5.32 Å². The number of thioether (sulfide) groups is 1. The van der Waals surface area contributed by atoms with Crippen LogP contribution in [0.15, 0.2) is 41.6 Å². The highest BCUT2D eigenvalue weighted by Gasteiger charge is 2.16. The molecule has 0 saturated heterocycles. The number of carbonyl (C=O) groups excluding carboxylic acids is 2. The van der Waals surface area contributed by atoms with Crippen molar-refractivity contribution in [2.45, 2.75) is 5.03 Å². The van der Waals surface area contributed by atoms with Crippen LogP contribution in [0.5, 0.6) is 0 Å². The molecule has 0 aliphatic carbocycles. The Morgan fingerprint density at radius 2 is 1.91 bits per heavy atom. The highest BCUT2D eigenvalue weighted by molar-refractivity contribution is 7.98. The van der Waals surface area contributed by atoms with E-state index in [1.54, 1.807) is 12.3 Å². The van der Waals surface area contributed by atoms with E-state index >= 15 is 0 Å². The minimum atomic E-state index is -0.915. The number of ether oxygens (including phenoxy) is 1. The standard InChI is InChI=1S/C15H12F2N2O3S/c1-23-14-9(4-3-7-18-14)15(21)22-8-12(20)19-13-10(16)5-2-6-11(13)17/h2-7H,8H2,1H3,(H,19,20). The Morgan fingerprint density at radius 3 is 2.57 bits per heavy atom. The summed E-state index contributed by atoms with van der Waals surface area (Å²) >= 11 is 1.25. The SMILES string of the molecule is CSc1ncccc1C(=O)OCC(=O)Nc1c(F)cccc1F. The Morgan fingerprint density at radius 1 is 1.22 bits per heavy atom. The normalized spacial score (nSPS) is 10.2. The lowest BCUT2D eigenvalue weighted by molar-refractivity contribution is -0.119. The van der Waals surface area contributed by atoms with E-state index in [2.05, 4.69) is 4.98 Å². The highest BCUT2D eigenvalue weighted by atomic mass is 32.2. The van der Waals surface area contributed by atoms with Crippen LogP contribution >= 0.6 is 11.8 Å². The van der Waals surface area contributed by atoms with Gasteiger partial charge in [-0.1, -0.05) is 6.07 Å². The third kappa shape index (κ3) is 4.26. The molecule has 1 heterocycles. The lowest BCUT2D eigenvalue weighted by Crippen LogP contribution is -2.22. The lowest BCUT2D eigenvalue weighted by Gasteiger charge is -2.09. The van der Waals surface area contributed by atoms with E-state index in [1.165, 1.54) is 30.1 Å². The van der Waals surface area contributed by atoms with Gasteiger partial charge in [0, 0.05) is 6.20 Å². The van der Waals surface area contributed by atoms with Crippen molar-refractivity contribution in [3.05, 3.63) is 53.7 Å². The summed E-state index contributed by atoms with van der Waals surface area (Å²) in [6.07, 6.45) is 3.27. The maximum atomic E-state index is 13.4. The number of hydrogen-bond acceptors (Lipinski definition) is 5. The molecule has 0 saturated carbocycles. The fraction of sp³-hybridized carbons (Fsp3) is 0.133. The van der Waals surface area contributed by atoms with Gasteiger partial charge in [-0.05, 0) is 30.5 Å². The molecule has 8 heteroatoms. The van der Waals surface area contributed by atoms with Gasteiger partial charge in [0.2, 0.25) is 0 Å². The van der Waals surface area contributed by atoms with E-state index in [9.17, 15) is 18.4 Å². The van der Waals surface area contributed by atoms with Gasteiger partial charge in [-0.3, -0.25) is 4.79 Å². The maximum absolute atomic E-state index is 13.4. The number of carbonyl (C=O) groups is 2. The second kappa shape index (κ2) is 7.68. The zero-order chi connectivity index (χ0) is 16.8. The Kier molecular flexibility index (Phi) is 5.64. The van der Waals surface area contributed by atoms with Gasteiger partial charge in [-0.2, -0.15) is 0 Å². The summed E-state index contributed by atoms with van der Waals surface area (Å²) < 4.78 is 31.6. The molecule has 0 unspecified atom stereocenters. The number of hydrogen-bond donors (Lipinski definition) is 1. The van der Waals surface area contributed by atoms with Gasteiger partial charge < -0.3 is 10.1 Å². The van der Waals surface area contributed by atoms with Crippen LogP contribution in [0.3, 0.4) is 0 Å². The minimum Gasteiger partial charge on any atom is -0.452 e. The molecular weight excluding hydrogens is 326 g/mol. The zero-order valence-electron chi connectivity index (χ0n) is 12.0. The topological polar surface area (TPSA) is 68.3 Å². The van der Waals surface area contributed by atoms with Gasteiger partial charge in [0.05, 0.1) is 5.56 Å². The van der Waals surface area contributed by atoms with Crippen molar-refractivity contribution in [3.8, 4) is 0 Å². The Balaban J connectivity index is 1.98. The van der Waals surface area contributed by atoms with Crippen molar-refractivity contribution in [3.63, 3.8) is 0 Å². The van der Waals surface area contributed by atoms with Gasteiger partial charge in [0.25, 0.3) is 5.91 Å². The molecule has 120 valence electrons. The van der Waals surface area contributed by atoms with Crippen molar-refractivity contribution in [2.75, 3.05) is 18.2 Å². The molecule has 0 spiro atoms. The van der Waals surface area contributed by atoms with Gasteiger partial charge in [0.1, 0.15) is 22.3 Å². The smallest absolute Gasteiger partial charge is 0.341 e. The fourth-order valence-corrected chi connectivity index (χ4v) is 2.25. The number of amides is 1. The van der Waals surface area contributed by atoms with Crippen LogP contribution in [-0.2, 0) is 9.53 Å². The predicted molar refractivity (Wildman–Crippen MR) is 81.3 cm³/mol. The molecule has 0 aliphatic heterocycles. The van der Waals surface area contributed by atoms with Crippen LogP contribution in [0.2, 0.25) is 0 Å². The first-order valence-corrected chi connectivity index (χ1v) is 7.65. The average molecular weight is 338 g/mol. The van der Waals surface area contributed by atoms with Crippen molar-refractivity contribution in [2.24, 2.45) is 0 Å². The minimum absolute atomic E-state index is 0.213. The van der Waals surface area contributed by atoms with E-state index in [4.69, 9.17) is 4.74 Å². The largest absolute Gasteiger partial charge is 0.452 e. The van der Waals surface area contributed by atoms with Gasteiger partial charge >= 0.3 is 5.97 Å². The molecule has 5 nitrogen and oxygen atoms in total. The van der Waals surface area contributed by atoms with E-state index in [-0.39, 0.29) is 5.56 Å². The number of pyridine rings is 1. The second-order valence-corrected chi connectivity index (χ2v) is 5.08. The van der Waals surface area contributed by atoms with Crippen LogP contribution in [0.25, 0.3) is 0 Å². The molecule has 1 N–H and O–H groups in total. The molecule has 0 bridgehead atoms. The number of halogens is 2. The third-order valence-corrected chi connectivity index (χ3v) is 3.46. The number of aromatic nitrogens is 1. The molecule has 0 atom stereocenters. The lowest BCUT2D eigenvalue weighted by atomic mass is 10.3. The summed E-state index contributed by atoms with van der Waals surface area (Å²) in [5, 5.41) is 2.48. The summed E-state index contributed by atoms with van der Waals surface area (Å²) in [6, 6.07) is 6.25. The molecule has 1 amide bonds. The first-order valence-electron chi connectivity index (χ1n) is 6.43. The van der Waals surface area contributed by atoms with E-state index in [1.807, 2.05) is 5.32 Å². The van der Waals surface area contributed by atoms with Crippen molar-refractivity contribution >= 4 is 29.3 Å². The van der Waals surface area contributed by atoms with Crippen molar-refractivity contribution in [1.29, 1.82) is 0 Å². The Bertz CT molecular complexity index is 720. The van der Waals surface area contributed by atoms with Crippen molar-refractivity contribution in [1.82, 2.24) is 4.98 Å². The summed E-state index contributed by atoms with van der Waals surface area (Å²) in [6.45, 7) is -0.671. The third-order valence-electron chi connectivity index (χ3n) is 2.75. The fourth-order valence-electron chi connectivity index (χ4n) is 1.71. The molecule has 0 radical (unpaired) electrons. The predicted octanol–water partition coefficient (Wildman–Crippen LogP) is 2.88. The summed E-state index contributed by atoms with van der Waals surface area (Å²) in [4.78, 5) is 27.6. The molecule has 1 aromatic heterocycles. The quantitative estimate of drug-likeness (QED) is 0.671. The van der Waals surface area contributed by atoms with Gasteiger partial charge in [-0.15, -0.1) is 11.8 Å². The van der Waals surface area contributed by atoms with Gasteiger partial charge in [0.15, 0.2) is 6.61 Å². The maximum Gasteiger partial charge on any atom is 0.341 e. The Hall–Kier alpha value is -2.48. The summed E-state index contributed by atoms with van der Waals surface area (Å²) in [5.41, 5.74) is -0.371. The number of nitrogens with zero attached hydrogens (tertiary/aromatic N) is 1. The van der Waals surface area contributed by atoms with Crippen molar-refractivity contribution < 1.29 is 23.1 Å². The number of esters is 1. The number of nitrogens with one attached hydrogen (secondary N) is 1. The highest BCUT2D eigenvalue weighted by Crippen LogP contribution is 2.19. The van der Waals surface area contributed by atoms with Crippen LogP contribution in [0.4, 0.5) is 14.5 Å². The Labute approximate surface area is 135 Å². The van der Waals surface area contributed by atoms with E-state index in [0.29, 0.717) is 5.03 Å². The molecule has 0 aliphatic rings. The zero-order valence-corrected chi connectivity index (χ0v) is 12.8. The summed E-state index contributed by atoms with van der Waals surface area (Å²) in [5.74, 6) is -3.42. The molecule has 2 aromatic rings. The average Bonchev–Trinajstić information content (AvgIpc) is 2.56.